The minimum absolute atomic E-state index is 0.301. The van der Waals surface area contributed by atoms with Gasteiger partial charge in [0, 0.05) is 11.8 Å². The summed E-state index contributed by atoms with van der Waals surface area (Å²) in [5, 5.41) is 0. The number of rotatable bonds is 2. The van der Waals surface area contributed by atoms with E-state index >= 15 is 0 Å². The van der Waals surface area contributed by atoms with Crippen molar-refractivity contribution in [2.75, 3.05) is 0 Å². The van der Waals surface area contributed by atoms with Crippen LogP contribution in [-0.2, 0) is 0 Å². The highest BCUT2D eigenvalue weighted by Crippen LogP contribution is 2.56. The van der Waals surface area contributed by atoms with E-state index in [9.17, 15) is 0 Å². The van der Waals surface area contributed by atoms with E-state index < -0.39 is 0 Å². The lowest BCUT2D eigenvalue weighted by Crippen LogP contribution is -2.27. The highest BCUT2D eigenvalue weighted by atomic mass is 14.4. The summed E-state index contributed by atoms with van der Waals surface area (Å²) in [6.07, 6.45) is 0. The summed E-state index contributed by atoms with van der Waals surface area (Å²) >= 11 is 0. The highest BCUT2D eigenvalue weighted by molar-refractivity contribution is 5.75. The molecule has 150 valence electrons. The molecule has 0 heteroatoms. The van der Waals surface area contributed by atoms with E-state index in [1.54, 1.807) is 0 Å². The molecule has 0 fully saturated rings. The quantitative estimate of drug-likeness (QED) is 0.273. The van der Waals surface area contributed by atoms with E-state index in [0.29, 0.717) is 11.8 Å². The van der Waals surface area contributed by atoms with Crippen molar-refractivity contribution in [2.45, 2.75) is 11.8 Å². The van der Waals surface area contributed by atoms with Crippen LogP contribution in [0.15, 0.2) is 121 Å². The molecule has 0 saturated heterocycles. The second-order valence-electron chi connectivity index (χ2n) is 8.91. The average molecular weight is 407 g/mol. The summed E-state index contributed by atoms with van der Waals surface area (Å²) in [5.41, 5.74) is 14.0. The van der Waals surface area contributed by atoms with E-state index in [-0.39, 0.29) is 0 Å². The molecule has 5 aromatic carbocycles. The normalized spacial score (nSPS) is 17.4. The van der Waals surface area contributed by atoms with Crippen LogP contribution in [0.5, 0.6) is 0 Å². The summed E-state index contributed by atoms with van der Waals surface area (Å²) in [6.45, 7) is 0. The Labute approximate surface area is 188 Å². The van der Waals surface area contributed by atoms with Gasteiger partial charge >= 0.3 is 0 Å². The first-order valence-electron chi connectivity index (χ1n) is 11.4. The lowest BCUT2D eigenvalue weighted by molar-refractivity contribution is 0.755. The first-order valence-corrected chi connectivity index (χ1v) is 11.4. The van der Waals surface area contributed by atoms with Crippen molar-refractivity contribution in [1.82, 2.24) is 0 Å². The van der Waals surface area contributed by atoms with Crippen LogP contribution in [0.2, 0.25) is 0 Å². The van der Waals surface area contributed by atoms with Gasteiger partial charge in [-0.25, -0.2) is 0 Å². The molecule has 0 radical (unpaired) electrons. The Morgan fingerprint density at radius 1 is 0.281 bits per heavy atom. The van der Waals surface area contributed by atoms with Gasteiger partial charge in [-0.3, -0.25) is 0 Å². The average Bonchev–Trinajstić information content (AvgIpc) is 2.89. The fourth-order valence-corrected chi connectivity index (χ4v) is 5.84. The molecule has 0 aliphatic heterocycles. The zero-order valence-corrected chi connectivity index (χ0v) is 17.7. The first-order chi connectivity index (χ1) is 15.9. The molecule has 32 heavy (non-hydrogen) atoms. The Kier molecular flexibility index (Phi) is 3.77. The minimum atomic E-state index is 0.301. The van der Waals surface area contributed by atoms with E-state index in [1.807, 2.05) is 0 Å². The summed E-state index contributed by atoms with van der Waals surface area (Å²) in [4.78, 5) is 0. The van der Waals surface area contributed by atoms with E-state index in [2.05, 4.69) is 121 Å². The lowest BCUT2D eigenvalue weighted by atomic mass is 9.60. The summed E-state index contributed by atoms with van der Waals surface area (Å²) in [5.74, 6) is 0.601. The van der Waals surface area contributed by atoms with Crippen LogP contribution >= 0.6 is 0 Å². The number of hydrogen-bond donors (Lipinski definition) is 0. The second-order valence-corrected chi connectivity index (χ2v) is 8.91. The van der Waals surface area contributed by atoms with E-state index in [0.717, 1.165) is 0 Å². The second kappa shape index (κ2) is 6.80. The predicted molar refractivity (Wildman–Crippen MR) is 132 cm³/mol. The molecule has 0 unspecified atom stereocenters. The smallest absolute Gasteiger partial charge is 0.0349 e. The molecule has 0 aromatic heterocycles. The first kappa shape index (κ1) is 17.7. The van der Waals surface area contributed by atoms with Crippen LogP contribution in [0.1, 0.15) is 45.2 Å². The van der Waals surface area contributed by atoms with E-state index in [4.69, 9.17) is 0 Å². The fraction of sp³-hybridized carbons (Fsp3) is 0.0625. The molecule has 2 bridgehead atoms. The molecule has 0 N–H and O–H groups in total. The molecular formula is C32H22. The van der Waals surface area contributed by atoms with Crippen molar-refractivity contribution in [3.05, 3.63) is 155 Å². The van der Waals surface area contributed by atoms with Crippen molar-refractivity contribution < 1.29 is 0 Å². The molecule has 3 aliphatic carbocycles. The molecule has 0 amide bonds. The van der Waals surface area contributed by atoms with Crippen LogP contribution in [-0.4, -0.2) is 0 Å². The van der Waals surface area contributed by atoms with Crippen LogP contribution < -0.4 is 0 Å². The Morgan fingerprint density at radius 2 is 0.656 bits per heavy atom. The van der Waals surface area contributed by atoms with Gasteiger partial charge in [-0.2, -0.15) is 0 Å². The topological polar surface area (TPSA) is 0 Å². The third kappa shape index (κ3) is 2.50. The van der Waals surface area contributed by atoms with Crippen molar-refractivity contribution in [3.8, 4) is 22.3 Å². The molecule has 0 nitrogen and oxygen atoms in total. The van der Waals surface area contributed by atoms with Crippen molar-refractivity contribution in [1.29, 1.82) is 0 Å². The maximum Gasteiger partial charge on any atom is 0.0349 e. The molecular weight excluding hydrogens is 384 g/mol. The van der Waals surface area contributed by atoms with Gasteiger partial charge in [-0.05, 0) is 67.8 Å². The summed E-state index contributed by atoms with van der Waals surface area (Å²) in [7, 11) is 0. The molecule has 3 aliphatic rings. The van der Waals surface area contributed by atoms with Crippen LogP contribution in [0.3, 0.4) is 0 Å². The SMILES string of the molecule is c1ccc(-c2ccc3c(c2)[C@@H]2c4ccccc4[C@H]3c3cc(-c4ccccc4)ccc32)cc1. The van der Waals surface area contributed by atoms with Gasteiger partial charge in [0.2, 0.25) is 0 Å². The monoisotopic (exact) mass is 406 g/mol. The number of hydrogen-bond acceptors (Lipinski definition) is 0. The van der Waals surface area contributed by atoms with Gasteiger partial charge in [-0.15, -0.1) is 0 Å². The Bertz CT molecular complexity index is 1350. The molecule has 0 saturated carbocycles. The summed E-state index contributed by atoms with van der Waals surface area (Å²) in [6, 6.07) is 44.8. The zero-order valence-electron chi connectivity index (χ0n) is 17.7. The molecule has 0 heterocycles. The maximum absolute atomic E-state index is 2.44. The van der Waals surface area contributed by atoms with Gasteiger partial charge in [0.05, 0.1) is 0 Å². The number of benzene rings is 5. The van der Waals surface area contributed by atoms with Crippen molar-refractivity contribution in [3.63, 3.8) is 0 Å². The van der Waals surface area contributed by atoms with Gasteiger partial charge in [-0.1, -0.05) is 109 Å². The molecule has 8 rings (SSSR count). The van der Waals surface area contributed by atoms with Crippen molar-refractivity contribution in [2.24, 2.45) is 0 Å². The lowest BCUT2D eigenvalue weighted by Gasteiger charge is -2.42. The third-order valence-electron chi connectivity index (χ3n) is 7.25. The van der Waals surface area contributed by atoms with Crippen molar-refractivity contribution >= 4 is 0 Å². The predicted octanol–water partition coefficient (Wildman–Crippen LogP) is 8.01. The van der Waals surface area contributed by atoms with Gasteiger partial charge in [0.25, 0.3) is 0 Å². The van der Waals surface area contributed by atoms with E-state index in [1.165, 1.54) is 55.6 Å². The Morgan fingerprint density at radius 3 is 1.09 bits per heavy atom. The fourth-order valence-electron chi connectivity index (χ4n) is 5.84. The van der Waals surface area contributed by atoms with Gasteiger partial charge in [0.15, 0.2) is 0 Å². The third-order valence-corrected chi connectivity index (χ3v) is 7.25. The van der Waals surface area contributed by atoms with Crippen LogP contribution in [0.4, 0.5) is 0 Å². The standard InChI is InChI=1S/C32H22/c1-3-9-21(10-4-1)23-15-17-27-29(19-23)31-25-13-7-8-14-26(25)32(27)30-20-24(16-18-28(30)31)22-11-5-2-6-12-22/h1-20,31-32H/t31-,32-/m1/s1. The van der Waals surface area contributed by atoms with Crippen LogP contribution in [0.25, 0.3) is 22.3 Å². The highest BCUT2D eigenvalue weighted by Gasteiger charge is 2.41. The Balaban J connectivity index is 1.45. The largest absolute Gasteiger partial charge is 0.0622 e. The zero-order chi connectivity index (χ0) is 21.1. The molecule has 0 spiro atoms. The van der Waals surface area contributed by atoms with Crippen LogP contribution in [0, 0.1) is 0 Å². The molecule has 5 aromatic rings. The minimum Gasteiger partial charge on any atom is -0.0622 e. The van der Waals surface area contributed by atoms with Gasteiger partial charge < -0.3 is 0 Å². The van der Waals surface area contributed by atoms with Gasteiger partial charge in [0.1, 0.15) is 0 Å². The maximum atomic E-state index is 2.44. The molecule has 2 atom stereocenters. The summed E-state index contributed by atoms with van der Waals surface area (Å²) < 4.78 is 0. The Hall–Kier alpha value is -3.90.